The molecule has 1 fully saturated rings. The summed E-state index contributed by atoms with van der Waals surface area (Å²) < 4.78 is 13.4. The van der Waals surface area contributed by atoms with Crippen LogP contribution < -0.4 is 10.6 Å². The third-order valence-electron chi connectivity index (χ3n) is 4.17. The molecule has 1 aromatic carbocycles. The molecule has 1 aliphatic rings. The summed E-state index contributed by atoms with van der Waals surface area (Å²) in [5.41, 5.74) is 1.12. The Morgan fingerprint density at radius 3 is 2.71 bits per heavy atom. The zero-order valence-corrected chi connectivity index (χ0v) is 13.2. The molecule has 3 nitrogen and oxygen atoms in total. The lowest BCUT2D eigenvalue weighted by Crippen LogP contribution is -2.42. The fraction of sp³-hybridized carbons (Fsp3) is 0.588. The van der Waals surface area contributed by atoms with Gasteiger partial charge >= 0.3 is 0 Å². The number of hydrogen-bond donors (Lipinski definition) is 2. The van der Waals surface area contributed by atoms with Gasteiger partial charge in [-0.25, -0.2) is 4.39 Å². The number of nitrogens with one attached hydrogen (secondary N) is 2. The first-order valence-corrected chi connectivity index (χ1v) is 7.90. The van der Waals surface area contributed by atoms with Gasteiger partial charge in [0, 0.05) is 18.0 Å². The molecule has 1 saturated carbocycles. The second-order valence-corrected chi connectivity index (χ2v) is 5.94. The van der Waals surface area contributed by atoms with Crippen molar-refractivity contribution >= 4 is 5.96 Å². The summed E-state index contributed by atoms with van der Waals surface area (Å²) in [6.45, 7) is 7.91. The van der Waals surface area contributed by atoms with Gasteiger partial charge in [-0.2, -0.15) is 0 Å². The zero-order valence-electron chi connectivity index (χ0n) is 13.2. The Balaban J connectivity index is 2.06. The summed E-state index contributed by atoms with van der Waals surface area (Å²) in [5.74, 6) is 0.696. The van der Waals surface area contributed by atoms with Crippen LogP contribution >= 0.6 is 0 Å². The summed E-state index contributed by atoms with van der Waals surface area (Å²) >= 11 is 0. The Bertz CT molecular complexity index is 495. The molecule has 0 bridgehead atoms. The first-order chi connectivity index (χ1) is 10.1. The van der Waals surface area contributed by atoms with Gasteiger partial charge in [-0.1, -0.05) is 19.1 Å². The van der Waals surface area contributed by atoms with Crippen LogP contribution in [0.2, 0.25) is 0 Å². The van der Waals surface area contributed by atoms with Gasteiger partial charge in [-0.3, -0.25) is 4.99 Å². The second kappa shape index (κ2) is 6.92. The number of guanidine groups is 1. The van der Waals surface area contributed by atoms with Crippen LogP contribution in [0.3, 0.4) is 0 Å². The zero-order chi connectivity index (χ0) is 15.3. The standard InChI is InChI=1S/C17H26FN3/c1-4-13(3)21-16(19-5-2)20-12-17(9-10-17)14-7-6-8-15(18)11-14/h6-8,11,13H,4-5,9-10,12H2,1-3H3,(H2,19,20,21). The first kappa shape index (κ1) is 15.8. The highest BCUT2D eigenvalue weighted by atomic mass is 19.1. The molecule has 2 N–H and O–H groups in total. The highest BCUT2D eigenvalue weighted by Crippen LogP contribution is 2.48. The largest absolute Gasteiger partial charge is 0.357 e. The van der Waals surface area contributed by atoms with Crippen molar-refractivity contribution in [2.24, 2.45) is 4.99 Å². The first-order valence-electron chi connectivity index (χ1n) is 7.90. The molecule has 0 heterocycles. The number of nitrogens with zero attached hydrogens (tertiary/aromatic N) is 1. The lowest BCUT2D eigenvalue weighted by Gasteiger charge is -2.18. The molecule has 0 radical (unpaired) electrons. The van der Waals surface area contributed by atoms with E-state index in [1.165, 1.54) is 6.07 Å². The minimum atomic E-state index is -0.160. The predicted octanol–water partition coefficient (Wildman–Crippen LogP) is 3.21. The van der Waals surface area contributed by atoms with Crippen LogP contribution in [0.15, 0.2) is 29.3 Å². The molecule has 1 aromatic rings. The van der Waals surface area contributed by atoms with Crippen LogP contribution in [0.5, 0.6) is 0 Å². The van der Waals surface area contributed by atoms with E-state index in [0.717, 1.165) is 37.3 Å². The number of aliphatic imine (C=N–C) groups is 1. The summed E-state index contributed by atoms with van der Waals surface area (Å²) in [4.78, 5) is 4.71. The monoisotopic (exact) mass is 291 g/mol. The van der Waals surface area contributed by atoms with Crippen LogP contribution in [0.25, 0.3) is 0 Å². The molecule has 1 aliphatic carbocycles. The van der Waals surface area contributed by atoms with E-state index < -0.39 is 0 Å². The molecule has 4 heteroatoms. The molecule has 1 atom stereocenters. The Morgan fingerprint density at radius 1 is 1.38 bits per heavy atom. The van der Waals surface area contributed by atoms with Gasteiger partial charge in [0.2, 0.25) is 0 Å². The van der Waals surface area contributed by atoms with Gasteiger partial charge in [0.1, 0.15) is 5.82 Å². The van der Waals surface area contributed by atoms with Gasteiger partial charge in [-0.05, 0) is 50.8 Å². The lowest BCUT2D eigenvalue weighted by molar-refractivity contribution is 0.609. The van der Waals surface area contributed by atoms with Crippen LogP contribution in [-0.4, -0.2) is 25.1 Å². The van der Waals surface area contributed by atoms with E-state index in [-0.39, 0.29) is 11.2 Å². The molecule has 0 spiro atoms. The van der Waals surface area contributed by atoms with E-state index in [9.17, 15) is 4.39 Å². The summed E-state index contributed by atoms with van der Waals surface area (Å²) in [7, 11) is 0. The normalized spacial score (nSPS) is 18.2. The van der Waals surface area contributed by atoms with Crippen LogP contribution in [0, 0.1) is 5.82 Å². The van der Waals surface area contributed by atoms with Crippen molar-refractivity contribution in [1.82, 2.24) is 10.6 Å². The van der Waals surface area contributed by atoms with Crippen molar-refractivity contribution in [3.8, 4) is 0 Å². The minimum absolute atomic E-state index is 0.0416. The van der Waals surface area contributed by atoms with Crippen LogP contribution in [0.4, 0.5) is 4.39 Å². The van der Waals surface area contributed by atoms with Gasteiger partial charge in [-0.15, -0.1) is 0 Å². The highest BCUT2D eigenvalue weighted by Gasteiger charge is 2.44. The third-order valence-corrected chi connectivity index (χ3v) is 4.17. The van der Waals surface area contributed by atoms with E-state index in [0.29, 0.717) is 12.6 Å². The lowest BCUT2D eigenvalue weighted by atomic mass is 9.96. The Kier molecular flexibility index (Phi) is 5.21. The number of halogens is 1. The van der Waals surface area contributed by atoms with Gasteiger partial charge in [0.05, 0.1) is 6.54 Å². The van der Waals surface area contributed by atoms with E-state index in [4.69, 9.17) is 4.99 Å². The molecule has 116 valence electrons. The van der Waals surface area contributed by atoms with E-state index in [1.807, 2.05) is 6.07 Å². The van der Waals surface area contributed by atoms with Crippen LogP contribution in [-0.2, 0) is 5.41 Å². The van der Waals surface area contributed by atoms with E-state index in [1.54, 1.807) is 12.1 Å². The maximum atomic E-state index is 13.4. The number of rotatable bonds is 6. The minimum Gasteiger partial charge on any atom is -0.357 e. The summed E-state index contributed by atoms with van der Waals surface area (Å²) in [6.07, 6.45) is 3.23. The van der Waals surface area contributed by atoms with Gasteiger partial charge < -0.3 is 10.6 Å². The number of benzene rings is 1. The molecular formula is C17H26FN3. The van der Waals surface area contributed by atoms with E-state index >= 15 is 0 Å². The molecule has 0 aliphatic heterocycles. The average Bonchev–Trinajstić information content (AvgIpc) is 3.26. The molecule has 1 unspecified atom stereocenters. The van der Waals surface area contributed by atoms with Crippen molar-refractivity contribution < 1.29 is 4.39 Å². The van der Waals surface area contributed by atoms with Gasteiger partial charge in [0.25, 0.3) is 0 Å². The topological polar surface area (TPSA) is 36.4 Å². The van der Waals surface area contributed by atoms with E-state index in [2.05, 4.69) is 31.4 Å². The smallest absolute Gasteiger partial charge is 0.191 e. The van der Waals surface area contributed by atoms with Crippen molar-refractivity contribution in [3.63, 3.8) is 0 Å². The molecule has 0 amide bonds. The van der Waals surface area contributed by atoms with Crippen molar-refractivity contribution in [1.29, 1.82) is 0 Å². The van der Waals surface area contributed by atoms with Crippen LogP contribution in [0.1, 0.15) is 45.6 Å². The third kappa shape index (κ3) is 4.19. The predicted molar refractivity (Wildman–Crippen MR) is 86.2 cm³/mol. The Labute approximate surface area is 127 Å². The molecule has 2 rings (SSSR count). The maximum Gasteiger partial charge on any atom is 0.191 e. The summed E-state index contributed by atoms with van der Waals surface area (Å²) in [5, 5.41) is 6.67. The molecule has 0 aromatic heterocycles. The fourth-order valence-corrected chi connectivity index (χ4v) is 2.39. The molecular weight excluding hydrogens is 265 g/mol. The highest BCUT2D eigenvalue weighted by molar-refractivity contribution is 5.80. The molecule has 0 saturated heterocycles. The quantitative estimate of drug-likeness (QED) is 0.624. The fourth-order valence-electron chi connectivity index (χ4n) is 2.39. The van der Waals surface area contributed by atoms with Gasteiger partial charge in [0.15, 0.2) is 5.96 Å². The maximum absolute atomic E-state index is 13.4. The second-order valence-electron chi connectivity index (χ2n) is 5.94. The van der Waals surface area contributed by atoms with Crippen molar-refractivity contribution in [2.75, 3.05) is 13.1 Å². The number of hydrogen-bond acceptors (Lipinski definition) is 1. The van der Waals surface area contributed by atoms with Crippen molar-refractivity contribution in [3.05, 3.63) is 35.6 Å². The average molecular weight is 291 g/mol. The Morgan fingerprint density at radius 2 is 2.14 bits per heavy atom. The Hall–Kier alpha value is -1.58. The van der Waals surface area contributed by atoms with Crippen molar-refractivity contribution in [2.45, 2.75) is 51.5 Å². The SMILES string of the molecule is CCNC(=NCC1(c2cccc(F)c2)CC1)NC(C)CC. The molecule has 21 heavy (non-hydrogen) atoms. The summed E-state index contributed by atoms with van der Waals surface area (Å²) in [6, 6.07) is 7.35.